The molecule has 1 amide bonds. The molecule has 2 aliphatic rings. The molecule has 3 heterocycles. The molecule has 34 heavy (non-hydrogen) atoms. The zero-order chi connectivity index (χ0) is 24.8. The van der Waals surface area contributed by atoms with Crippen LogP contribution in [0.15, 0.2) is 23.2 Å². The minimum absolute atomic E-state index is 0.0132. The van der Waals surface area contributed by atoms with Gasteiger partial charge in [-0.2, -0.15) is 13.2 Å². The van der Waals surface area contributed by atoms with Crippen LogP contribution < -0.4 is 10.6 Å². The van der Waals surface area contributed by atoms with E-state index in [2.05, 4.69) is 15.6 Å². The van der Waals surface area contributed by atoms with Crippen LogP contribution in [0.25, 0.3) is 0 Å². The Morgan fingerprint density at radius 3 is 2.59 bits per heavy atom. The van der Waals surface area contributed by atoms with E-state index >= 15 is 0 Å². The number of aromatic hydroxyl groups is 1. The standard InChI is InChI=1S/C20H19Cl3F3N5O3/c1-9(10-6-11(20(24,25)26)8-12(32)7-10)27-17-13-14(28-18(23)29-17)16(22)31(15(13)21)19(33)30-2-4-34-5-3-30/h6-9,18,28,32H,2-5H2,1H3,(H,27,29). The molecule has 2 aromatic rings. The maximum Gasteiger partial charge on any atom is 0.416 e. The van der Waals surface area contributed by atoms with Crippen LogP contribution in [0, 0.1) is 0 Å². The minimum Gasteiger partial charge on any atom is -0.508 e. The number of hydrogen-bond donors (Lipinski definition) is 3. The molecule has 0 radical (unpaired) electrons. The van der Waals surface area contributed by atoms with Crippen LogP contribution in [0.2, 0.25) is 10.3 Å². The van der Waals surface area contributed by atoms with E-state index in [1.807, 2.05) is 0 Å². The quantitative estimate of drug-likeness (QED) is 0.374. The summed E-state index contributed by atoms with van der Waals surface area (Å²) in [5, 5.41) is 15.6. The number of aliphatic imine (C=N–C) groups is 1. The highest BCUT2D eigenvalue weighted by Crippen LogP contribution is 2.40. The van der Waals surface area contributed by atoms with Gasteiger partial charge in [0.15, 0.2) is 5.62 Å². The molecule has 0 bridgehead atoms. The third-order valence-corrected chi connectivity index (χ3v) is 6.31. The Labute approximate surface area is 207 Å². The third-order valence-electron chi connectivity index (χ3n) is 5.39. The first kappa shape index (κ1) is 24.8. The molecular formula is C20H19Cl3F3N5O3. The monoisotopic (exact) mass is 539 g/mol. The highest BCUT2D eigenvalue weighted by molar-refractivity contribution is 6.41. The highest BCUT2D eigenvalue weighted by atomic mass is 35.5. The van der Waals surface area contributed by atoms with Crippen LogP contribution in [0.1, 0.15) is 29.7 Å². The van der Waals surface area contributed by atoms with Gasteiger partial charge in [0.2, 0.25) is 0 Å². The number of benzene rings is 1. The Hall–Kier alpha value is -2.34. The Balaban J connectivity index is 1.68. The van der Waals surface area contributed by atoms with E-state index < -0.39 is 35.2 Å². The second-order valence-electron chi connectivity index (χ2n) is 7.68. The Morgan fingerprint density at radius 1 is 1.26 bits per heavy atom. The van der Waals surface area contributed by atoms with Crippen molar-refractivity contribution in [2.24, 2.45) is 4.99 Å². The Bertz CT molecular complexity index is 1150. The smallest absolute Gasteiger partial charge is 0.416 e. The van der Waals surface area contributed by atoms with Crippen molar-refractivity contribution in [2.45, 2.75) is 24.8 Å². The summed E-state index contributed by atoms with van der Waals surface area (Å²) in [4.78, 5) is 18.8. The van der Waals surface area contributed by atoms with E-state index in [1.165, 1.54) is 11.0 Å². The average molecular weight is 541 g/mol. The topological polar surface area (TPSA) is 91.1 Å². The molecule has 1 aromatic carbocycles. The summed E-state index contributed by atoms with van der Waals surface area (Å²) in [6, 6.07) is 1.54. The summed E-state index contributed by atoms with van der Waals surface area (Å²) in [7, 11) is 0. The van der Waals surface area contributed by atoms with Gasteiger partial charge in [-0.25, -0.2) is 14.4 Å². The van der Waals surface area contributed by atoms with Gasteiger partial charge >= 0.3 is 12.2 Å². The molecule has 1 saturated heterocycles. The van der Waals surface area contributed by atoms with Crippen LogP contribution in [0.5, 0.6) is 5.75 Å². The molecule has 3 N–H and O–H groups in total. The molecule has 8 nitrogen and oxygen atoms in total. The normalized spacial score (nSPS) is 19.2. The number of carbonyl (C=O) groups excluding carboxylic acids is 1. The van der Waals surface area contributed by atoms with Gasteiger partial charge in [-0.1, -0.05) is 34.8 Å². The molecule has 2 atom stereocenters. The van der Waals surface area contributed by atoms with Gasteiger partial charge < -0.3 is 25.4 Å². The van der Waals surface area contributed by atoms with Gasteiger partial charge in [0.05, 0.1) is 36.1 Å². The van der Waals surface area contributed by atoms with E-state index in [0.717, 1.165) is 10.6 Å². The van der Waals surface area contributed by atoms with Gasteiger partial charge in [-0.15, -0.1) is 0 Å². The number of anilines is 1. The van der Waals surface area contributed by atoms with Crippen LogP contribution >= 0.6 is 34.8 Å². The number of amides is 1. The van der Waals surface area contributed by atoms with Crippen LogP contribution in [-0.2, 0) is 10.9 Å². The summed E-state index contributed by atoms with van der Waals surface area (Å²) in [6.07, 6.45) is -4.64. The second-order valence-corrected chi connectivity index (χ2v) is 8.81. The van der Waals surface area contributed by atoms with E-state index in [0.29, 0.717) is 32.4 Å². The van der Waals surface area contributed by atoms with Gasteiger partial charge in [-0.05, 0) is 30.7 Å². The molecule has 2 unspecified atom stereocenters. The van der Waals surface area contributed by atoms with Crippen LogP contribution in [0.4, 0.5) is 23.7 Å². The summed E-state index contributed by atoms with van der Waals surface area (Å²) in [5.74, 6) is -0.413. The van der Waals surface area contributed by atoms with Crippen molar-refractivity contribution in [3.05, 3.63) is 45.2 Å². The van der Waals surface area contributed by atoms with Crippen LogP contribution in [-0.4, -0.2) is 58.4 Å². The van der Waals surface area contributed by atoms with Crippen molar-refractivity contribution in [1.29, 1.82) is 0 Å². The number of morpholine rings is 1. The first-order valence-electron chi connectivity index (χ1n) is 10.1. The third kappa shape index (κ3) is 4.74. The number of aromatic nitrogens is 1. The fourth-order valence-corrected chi connectivity index (χ4v) is 4.60. The summed E-state index contributed by atoms with van der Waals surface area (Å²) in [5.41, 5.74) is -1.34. The fraction of sp³-hybridized carbons (Fsp3) is 0.400. The molecule has 184 valence electrons. The number of alkyl halides is 4. The molecule has 0 spiro atoms. The number of nitrogens with one attached hydrogen (secondary N) is 2. The SMILES string of the molecule is CC(NC1=NC(Cl)Nc2c1c(Cl)n(C(=O)N1CCOCC1)c2Cl)c1cc(O)cc(C(F)(F)F)c1. The number of rotatable bonds is 2. The molecule has 0 saturated carbocycles. The van der Waals surface area contributed by atoms with Crippen molar-refractivity contribution in [3.8, 4) is 5.75 Å². The largest absolute Gasteiger partial charge is 0.508 e. The summed E-state index contributed by atoms with van der Waals surface area (Å²) >= 11 is 19.2. The van der Waals surface area contributed by atoms with Gasteiger partial charge in [-0.3, -0.25) is 0 Å². The number of carbonyl (C=O) groups is 1. The second kappa shape index (κ2) is 9.37. The molecule has 0 aliphatic carbocycles. The van der Waals surface area contributed by atoms with Crippen molar-refractivity contribution in [1.82, 2.24) is 14.8 Å². The number of phenols is 1. The van der Waals surface area contributed by atoms with E-state index in [1.54, 1.807) is 6.92 Å². The zero-order valence-electron chi connectivity index (χ0n) is 17.6. The van der Waals surface area contributed by atoms with Gasteiger partial charge in [0, 0.05) is 13.1 Å². The molecule has 14 heteroatoms. The fourth-order valence-electron chi connectivity index (χ4n) is 3.70. The summed E-state index contributed by atoms with van der Waals surface area (Å²) < 4.78 is 45.9. The number of halogens is 6. The predicted octanol–water partition coefficient (Wildman–Crippen LogP) is 4.86. The number of ether oxygens (including phenoxy) is 1. The lowest BCUT2D eigenvalue weighted by Gasteiger charge is -2.27. The van der Waals surface area contributed by atoms with Crippen molar-refractivity contribution < 1.29 is 27.8 Å². The Kier molecular flexibility index (Phi) is 6.83. The van der Waals surface area contributed by atoms with Crippen LogP contribution in [0.3, 0.4) is 0 Å². The predicted molar refractivity (Wildman–Crippen MR) is 122 cm³/mol. The maximum absolute atomic E-state index is 13.2. The molecule has 1 aromatic heterocycles. The molecule has 1 fully saturated rings. The molecule has 4 rings (SSSR count). The number of hydrogen-bond acceptors (Lipinski definition) is 6. The maximum atomic E-state index is 13.2. The van der Waals surface area contributed by atoms with Gasteiger partial charge in [0.25, 0.3) is 0 Å². The van der Waals surface area contributed by atoms with Crippen molar-refractivity contribution >= 4 is 52.4 Å². The Morgan fingerprint density at radius 2 is 1.94 bits per heavy atom. The molecule has 2 aliphatic heterocycles. The number of fused-ring (bicyclic) bond motifs is 1. The first-order chi connectivity index (χ1) is 16.0. The zero-order valence-corrected chi connectivity index (χ0v) is 19.9. The lowest BCUT2D eigenvalue weighted by Crippen LogP contribution is -2.43. The van der Waals surface area contributed by atoms with E-state index in [4.69, 9.17) is 39.5 Å². The minimum atomic E-state index is -4.64. The number of phenolic OH excluding ortho intramolecular Hbond substituents is 1. The summed E-state index contributed by atoms with van der Waals surface area (Å²) in [6.45, 7) is 3.04. The van der Waals surface area contributed by atoms with Gasteiger partial charge in [0.1, 0.15) is 21.9 Å². The first-order valence-corrected chi connectivity index (χ1v) is 11.3. The van der Waals surface area contributed by atoms with E-state index in [-0.39, 0.29) is 33.0 Å². The number of nitrogens with zero attached hydrogens (tertiary/aromatic N) is 3. The lowest BCUT2D eigenvalue weighted by molar-refractivity contribution is -0.137. The lowest BCUT2D eigenvalue weighted by atomic mass is 10.0. The average Bonchev–Trinajstić information content (AvgIpc) is 3.02. The van der Waals surface area contributed by atoms with E-state index in [9.17, 15) is 23.1 Å². The van der Waals surface area contributed by atoms with Crippen molar-refractivity contribution in [2.75, 3.05) is 31.6 Å². The number of amidine groups is 1. The van der Waals surface area contributed by atoms with Crippen molar-refractivity contribution in [3.63, 3.8) is 0 Å². The molecular weight excluding hydrogens is 522 g/mol. The highest BCUT2D eigenvalue weighted by Gasteiger charge is 2.35.